The lowest BCUT2D eigenvalue weighted by Gasteiger charge is -2.16. The van der Waals surface area contributed by atoms with Gasteiger partial charge in [0.1, 0.15) is 11.5 Å². The van der Waals surface area contributed by atoms with Crippen LogP contribution in [0.2, 0.25) is 0 Å². The average Bonchev–Trinajstić information content (AvgIpc) is 2.80. The Labute approximate surface area is 123 Å². The van der Waals surface area contributed by atoms with Gasteiger partial charge in [0.05, 0.1) is 5.75 Å². The van der Waals surface area contributed by atoms with E-state index in [4.69, 9.17) is 0 Å². The highest BCUT2D eigenvalue weighted by Crippen LogP contribution is 2.37. The smallest absolute Gasteiger partial charge is 0.195 e. The third kappa shape index (κ3) is 2.27. The molecule has 2 heterocycles. The lowest BCUT2D eigenvalue weighted by Crippen LogP contribution is -2.22. The number of hydrogen-bond acceptors (Lipinski definition) is 3. The van der Waals surface area contributed by atoms with Crippen LogP contribution in [0.1, 0.15) is 31.7 Å². The first-order chi connectivity index (χ1) is 9.92. The zero-order chi connectivity index (χ0) is 15.2. The van der Waals surface area contributed by atoms with Crippen LogP contribution in [0.5, 0.6) is 0 Å². The van der Waals surface area contributed by atoms with Gasteiger partial charge in [0, 0.05) is 17.7 Å². The van der Waals surface area contributed by atoms with E-state index < -0.39 is 9.84 Å². The summed E-state index contributed by atoms with van der Waals surface area (Å²) in [4.78, 5) is 0. The molecule has 112 valence electrons. The average molecular weight is 308 g/mol. The summed E-state index contributed by atoms with van der Waals surface area (Å²) in [6.45, 7) is 4.38. The van der Waals surface area contributed by atoms with Gasteiger partial charge in [-0.15, -0.1) is 0 Å². The second kappa shape index (κ2) is 4.94. The van der Waals surface area contributed by atoms with Crippen LogP contribution in [0, 0.1) is 5.82 Å². The number of benzene rings is 1. The molecule has 0 N–H and O–H groups in total. The topological polar surface area (TPSA) is 52.0 Å². The molecule has 21 heavy (non-hydrogen) atoms. The SMILES string of the molecule is CC(C)c1c(-c2ccccc2F)nn2c1S(=O)(=O)CCC2. The summed E-state index contributed by atoms with van der Waals surface area (Å²) in [5.74, 6) is -0.293. The fourth-order valence-electron chi connectivity index (χ4n) is 2.81. The number of aromatic nitrogens is 2. The number of sulfone groups is 1. The lowest BCUT2D eigenvalue weighted by molar-refractivity contribution is 0.498. The zero-order valence-electron chi connectivity index (χ0n) is 12.0. The number of halogens is 1. The van der Waals surface area contributed by atoms with E-state index in [1.807, 2.05) is 13.8 Å². The Morgan fingerprint density at radius 3 is 2.67 bits per heavy atom. The fourth-order valence-corrected chi connectivity index (χ4v) is 4.64. The summed E-state index contributed by atoms with van der Waals surface area (Å²) in [6.07, 6.45) is 0.547. The summed E-state index contributed by atoms with van der Waals surface area (Å²) in [6, 6.07) is 6.35. The van der Waals surface area contributed by atoms with E-state index in [1.165, 1.54) is 10.7 Å². The molecule has 3 rings (SSSR count). The van der Waals surface area contributed by atoms with Gasteiger partial charge in [-0.25, -0.2) is 12.8 Å². The van der Waals surface area contributed by atoms with Crippen molar-refractivity contribution < 1.29 is 12.8 Å². The number of hydrogen-bond donors (Lipinski definition) is 0. The molecule has 0 fully saturated rings. The third-order valence-electron chi connectivity index (χ3n) is 3.72. The number of fused-ring (bicyclic) bond motifs is 1. The Bertz CT molecular complexity index is 794. The van der Waals surface area contributed by atoms with E-state index in [9.17, 15) is 12.8 Å². The number of aryl methyl sites for hydroxylation is 1. The zero-order valence-corrected chi connectivity index (χ0v) is 12.8. The number of rotatable bonds is 2. The molecule has 1 aromatic heterocycles. The van der Waals surface area contributed by atoms with Gasteiger partial charge in [-0.3, -0.25) is 4.68 Å². The summed E-state index contributed by atoms with van der Waals surface area (Å²) < 4.78 is 40.3. The second-order valence-corrected chi connectivity index (χ2v) is 7.62. The first kappa shape index (κ1) is 14.3. The van der Waals surface area contributed by atoms with E-state index >= 15 is 0 Å². The Kier molecular flexibility index (Phi) is 3.36. The second-order valence-electron chi connectivity index (χ2n) is 5.60. The molecule has 1 aliphatic heterocycles. The number of nitrogens with zero attached hydrogens (tertiary/aromatic N) is 2. The molecular formula is C15H17FN2O2S. The van der Waals surface area contributed by atoms with Crippen molar-refractivity contribution in [2.45, 2.75) is 37.8 Å². The van der Waals surface area contributed by atoms with Gasteiger partial charge in [-0.2, -0.15) is 5.10 Å². The van der Waals surface area contributed by atoms with Crippen LogP contribution >= 0.6 is 0 Å². The Morgan fingerprint density at radius 1 is 1.29 bits per heavy atom. The normalized spacial score (nSPS) is 17.0. The fraction of sp³-hybridized carbons (Fsp3) is 0.400. The van der Waals surface area contributed by atoms with Gasteiger partial charge in [-0.1, -0.05) is 26.0 Å². The maximum atomic E-state index is 14.1. The van der Waals surface area contributed by atoms with Gasteiger partial charge in [-0.05, 0) is 24.5 Å². The predicted molar refractivity (Wildman–Crippen MR) is 78.4 cm³/mol. The van der Waals surface area contributed by atoms with E-state index in [0.29, 0.717) is 29.8 Å². The van der Waals surface area contributed by atoms with Gasteiger partial charge < -0.3 is 0 Å². The molecular weight excluding hydrogens is 291 g/mol. The molecule has 4 nitrogen and oxygen atoms in total. The quantitative estimate of drug-likeness (QED) is 0.857. The molecule has 0 atom stereocenters. The van der Waals surface area contributed by atoms with Crippen LogP contribution in [-0.4, -0.2) is 24.0 Å². The van der Waals surface area contributed by atoms with Crippen LogP contribution in [0.15, 0.2) is 29.3 Å². The van der Waals surface area contributed by atoms with E-state index in [2.05, 4.69) is 5.10 Å². The van der Waals surface area contributed by atoms with Crippen molar-refractivity contribution in [3.8, 4) is 11.3 Å². The van der Waals surface area contributed by atoms with Crippen LogP contribution in [0.4, 0.5) is 4.39 Å². The third-order valence-corrected chi connectivity index (χ3v) is 5.57. The van der Waals surface area contributed by atoms with E-state index in [0.717, 1.165) is 0 Å². The molecule has 2 aromatic rings. The largest absolute Gasteiger partial charge is 0.253 e. The molecule has 0 saturated heterocycles. The van der Waals surface area contributed by atoms with Crippen molar-refractivity contribution in [3.05, 3.63) is 35.6 Å². The van der Waals surface area contributed by atoms with Gasteiger partial charge >= 0.3 is 0 Å². The molecule has 0 bridgehead atoms. The minimum absolute atomic E-state index is 0.0452. The molecule has 0 unspecified atom stereocenters. The minimum Gasteiger partial charge on any atom is -0.253 e. The molecule has 0 saturated carbocycles. The predicted octanol–water partition coefficient (Wildman–Crippen LogP) is 2.99. The van der Waals surface area contributed by atoms with Crippen LogP contribution < -0.4 is 0 Å². The van der Waals surface area contributed by atoms with E-state index in [1.54, 1.807) is 18.2 Å². The van der Waals surface area contributed by atoms with Crippen molar-refractivity contribution in [2.24, 2.45) is 0 Å². The summed E-state index contributed by atoms with van der Waals surface area (Å²) in [7, 11) is -3.34. The van der Waals surface area contributed by atoms with Crippen molar-refractivity contribution in [2.75, 3.05) is 5.75 Å². The Morgan fingerprint density at radius 2 is 2.00 bits per heavy atom. The highest BCUT2D eigenvalue weighted by molar-refractivity contribution is 7.91. The molecule has 0 spiro atoms. The molecule has 0 amide bonds. The van der Waals surface area contributed by atoms with Crippen LogP contribution in [0.25, 0.3) is 11.3 Å². The maximum absolute atomic E-state index is 14.1. The van der Waals surface area contributed by atoms with Crippen LogP contribution in [-0.2, 0) is 16.4 Å². The molecule has 1 aromatic carbocycles. The Hall–Kier alpha value is -1.69. The van der Waals surface area contributed by atoms with Crippen molar-refractivity contribution in [1.29, 1.82) is 0 Å². The highest BCUT2D eigenvalue weighted by atomic mass is 32.2. The molecule has 1 aliphatic rings. The molecule has 0 aliphatic carbocycles. The first-order valence-electron chi connectivity index (χ1n) is 7.00. The summed E-state index contributed by atoms with van der Waals surface area (Å²) >= 11 is 0. The maximum Gasteiger partial charge on any atom is 0.195 e. The van der Waals surface area contributed by atoms with Gasteiger partial charge in [0.25, 0.3) is 0 Å². The minimum atomic E-state index is -3.34. The summed E-state index contributed by atoms with van der Waals surface area (Å²) in [5.41, 5.74) is 1.43. The first-order valence-corrected chi connectivity index (χ1v) is 8.65. The monoisotopic (exact) mass is 308 g/mol. The van der Waals surface area contributed by atoms with Gasteiger partial charge in [0.15, 0.2) is 14.9 Å². The van der Waals surface area contributed by atoms with Crippen molar-refractivity contribution in [1.82, 2.24) is 9.78 Å². The summed E-state index contributed by atoms with van der Waals surface area (Å²) in [5, 5.41) is 4.66. The van der Waals surface area contributed by atoms with E-state index in [-0.39, 0.29) is 22.5 Å². The lowest BCUT2D eigenvalue weighted by atomic mass is 9.99. The molecule has 0 radical (unpaired) electrons. The van der Waals surface area contributed by atoms with Crippen molar-refractivity contribution in [3.63, 3.8) is 0 Å². The highest BCUT2D eigenvalue weighted by Gasteiger charge is 2.33. The molecule has 6 heteroatoms. The standard InChI is InChI=1S/C15H17FN2O2S/c1-10(2)13-14(11-6-3-4-7-12(11)16)17-18-8-5-9-21(19,20)15(13)18/h3-4,6-7,10H,5,8-9H2,1-2H3. The Balaban J connectivity index is 2.34. The van der Waals surface area contributed by atoms with Gasteiger partial charge in [0.2, 0.25) is 0 Å². The van der Waals surface area contributed by atoms with Crippen molar-refractivity contribution >= 4 is 9.84 Å². The van der Waals surface area contributed by atoms with Crippen LogP contribution in [0.3, 0.4) is 0 Å².